The lowest BCUT2D eigenvalue weighted by Gasteiger charge is -2.41. The maximum absolute atomic E-state index is 11.7. The van der Waals surface area contributed by atoms with E-state index in [1.165, 1.54) is 0 Å². The summed E-state index contributed by atoms with van der Waals surface area (Å²) in [6.45, 7) is 10.7. The maximum atomic E-state index is 11.7. The molecular formula is C12H24N2O3. The molecule has 1 heterocycles. The molecule has 0 atom stereocenters. The highest BCUT2D eigenvalue weighted by molar-refractivity contribution is 5.67. The Labute approximate surface area is 104 Å². The van der Waals surface area contributed by atoms with Gasteiger partial charge in [0, 0.05) is 38.8 Å². The van der Waals surface area contributed by atoms with E-state index in [9.17, 15) is 4.79 Å². The van der Waals surface area contributed by atoms with Crippen LogP contribution in [0.15, 0.2) is 0 Å². The van der Waals surface area contributed by atoms with Gasteiger partial charge in [0.15, 0.2) is 0 Å². The summed E-state index contributed by atoms with van der Waals surface area (Å²) in [6.07, 6.45) is -0.226. The van der Waals surface area contributed by atoms with Gasteiger partial charge < -0.3 is 14.4 Å². The van der Waals surface area contributed by atoms with E-state index in [2.05, 4.69) is 25.7 Å². The van der Waals surface area contributed by atoms with Gasteiger partial charge in [-0.2, -0.15) is 0 Å². The third kappa shape index (κ3) is 4.52. The molecule has 1 aliphatic heterocycles. The van der Waals surface area contributed by atoms with Crippen molar-refractivity contribution < 1.29 is 14.3 Å². The molecule has 0 radical (unpaired) electrons. The molecule has 0 N–H and O–H groups in total. The Morgan fingerprint density at radius 2 is 1.71 bits per heavy atom. The Kier molecular flexibility index (Phi) is 5.21. The standard InChI is InChI=1S/C12H24N2O3/c1-12(2,3)14-7-5-13(6-8-14)11(15)17-10-9-16-4/h5-10H2,1-4H3. The van der Waals surface area contributed by atoms with Gasteiger partial charge in [-0.15, -0.1) is 0 Å². The van der Waals surface area contributed by atoms with Gasteiger partial charge in [-0.3, -0.25) is 4.90 Å². The number of hydrogen-bond donors (Lipinski definition) is 0. The summed E-state index contributed by atoms with van der Waals surface area (Å²) in [5.41, 5.74) is 0.173. The summed E-state index contributed by atoms with van der Waals surface area (Å²) in [5, 5.41) is 0. The highest BCUT2D eigenvalue weighted by Gasteiger charge is 2.28. The van der Waals surface area contributed by atoms with E-state index in [0.717, 1.165) is 26.2 Å². The Morgan fingerprint density at radius 1 is 1.12 bits per heavy atom. The van der Waals surface area contributed by atoms with Gasteiger partial charge in [-0.05, 0) is 20.8 Å². The normalized spacial score (nSPS) is 18.2. The topological polar surface area (TPSA) is 42.0 Å². The SMILES string of the molecule is COCCOC(=O)N1CCN(C(C)(C)C)CC1. The van der Waals surface area contributed by atoms with Crippen LogP contribution in [0.1, 0.15) is 20.8 Å². The molecule has 5 nitrogen and oxygen atoms in total. The third-order valence-corrected chi connectivity index (χ3v) is 3.00. The van der Waals surface area contributed by atoms with E-state index < -0.39 is 0 Å². The second-order valence-corrected chi connectivity index (χ2v) is 5.25. The lowest BCUT2D eigenvalue weighted by Crippen LogP contribution is -2.54. The minimum atomic E-state index is -0.226. The van der Waals surface area contributed by atoms with Crippen LogP contribution in [0.5, 0.6) is 0 Å². The Hall–Kier alpha value is -0.810. The van der Waals surface area contributed by atoms with E-state index in [4.69, 9.17) is 9.47 Å². The van der Waals surface area contributed by atoms with Crippen LogP contribution in [-0.2, 0) is 9.47 Å². The molecule has 17 heavy (non-hydrogen) atoms. The summed E-state index contributed by atoms with van der Waals surface area (Å²) in [5.74, 6) is 0. The first-order valence-electron chi connectivity index (χ1n) is 6.11. The van der Waals surface area contributed by atoms with Crippen LogP contribution in [0, 0.1) is 0 Å². The quantitative estimate of drug-likeness (QED) is 0.699. The van der Waals surface area contributed by atoms with Crippen LogP contribution in [0.2, 0.25) is 0 Å². The monoisotopic (exact) mass is 244 g/mol. The predicted molar refractivity (Wildman–Crippen MR) is 66.1 cm³/mol. The highest BCUT2D eigenvalue weighted by atomic mass is 16.6. The summed E-state index contributed by atoms with van der Waals surface area (Å²) < 4.78 is 9.92. The number of hydrogen-bond acceptors (Lipinski definition) is 4. The van der Waals surface area contributed by atoms with E-state index >= 15 is 0 Å². The van der Waals surface area contributed by atoms with Crippen molar-refractivity contribution in [2.75, 3.05) is 46.5 Å². The van der Waals surface area contributed by atoms with Crippen molar-refractivity contribution >= 4 is 6.09 Å². The number of piperazine rings is 1. The molecule has 0 aromatic rings. The molecular weight excluding hydrogens is 220 g/mol. The highest BCUT2D eigenvalue weighted by Crippen LogP contribution is 2.15. The maximum Gasteiger partial charge on any atom is 0.409 e. The fourth-order valence-corrected chi connectivity index (χ4v) is 1.86. The predicted octanol–water partition coefficient (Wildman–Crippen LogP) is 1.19. The second-order valence-electron chi connectivity index (χ2n) is 5.25. The Morgan fingerprint density at radius 3 is 2.18 bits per heavy atom. The number of ether oxygens (including phenoxy) is 2. The van der Waals surface area contributed by atoms with Gasteiger partial charge in [-0.1, -0.05) is 0 Å². The van der Waals surface area contributed by atoms with Gasteiger partial charge in [-0.25, -0.2) is 4.79 Å². The molecule has 1 rings (SSSR count). The first-order chi connectivity index (χ1) is 7.95. The number of nitrogens with zero attached hydrogens (tertiary/aromatic N) is 2. The first-order valence-corrected chi connectivity index (χ1v) is 6.11. The van der Waals surface area contributed by atoms with Crippen molar-refractivity contribution in [1.29, 1.82) is 0 Å². The van der Waals surface area contributed by atoms with Gasteiger partial charge >= 0.3 is 6.09 Å². The fourth-order valence-electron chi connectivity index (χ4n) is 1.86. The van der Waals surface area contributed by atoms with Crippen LogP contribution in [0.25, 0.3) is 0 Å². The van der Waals surface area contributed by atoms with E-state index in [-0.39, 0.29) is 11.6 Å². The first kappa shape index (κ1) is 14.3. The Balaban J connectivity index is 2.29. The molecule has 100 valence electrons. The third-order valence-electron chi connectivity index (χ3n) is 3.00. The van der Waals surface area contributed by atoms with Gasteiger partial charge in [0.2, 0.25) is 0 Å². The molecule has 0 aromatic carbocycles. The van der Waals surface area contributed by atoms with E-state index in [1.807, 2.05) is 0 Å². The molecule has 0 aromatic heterocycles. The number of rotatable bonds is 3. The minimum Gasteiger partial charge on any atom is -0.447 e. The number of amides is 1. The zero-order valence-corrected chi connectivity index (χ0v) is 11.4. The number of methoxy groups -OCH3 is 1. The van der Waals surface area contributed by atoms with Crippen molar-refractivity contribution in [3.63, 3.8) is 0 Å². The van der Waals surface area contributed by atoms with Gasteiger partial charge in [0.1, 0.15) is 6.61 Å². The molecule has 0 unspecified atom stereocenters. The molecule has 0 bridgehead atoms. The van der Waals surface area contributed by atoms with Crippen LogP contribution in [0.4, 0.5) is 4.79 Å². The largest absolute Gasteiger partial charge is 0.447 e. The van der Waals surface area contributed by atoms with Crippen molar-refractivity contribution in [2.45, 2.75) is 26.3 Å². The molecule has 0 saturated carbocycles. The second kappa shape index (κ2) is 6.21. The van der Waals surface area contributed by atoms with Crippen molar-refractivity contribution in [2.24, 2.45) is 0 Å². The summed E-state index contributed by atoms with van der Waals surface area (Å²) in [6, 6.07) is 0. The lowest BCUT2D eigenvalue weighted by atomic mass is 10.1. The van der Waals surface area contributed by atoms with E-state index in [1.54, 1.807) is 12.0 Å². The van der Waals surface area contributed by atoms with Gasteiger partial charge in [0.25, 0.3) is 0 Å². The van der Waals surface area contributed by atoms with Crippen LogP contribution < -0.4 is 0 Å². The molecule has 0 spiro atoms. The Bertz CT molecular complexity index is 243. The number of carbonyl (C=O) groups is 1. The zero-order chi connectivity index (χ0) is 12.9. The van der Waals surface area contributed by atoms with Crippen molar-refractivity contribution in [3.05, 3.63) is 0 Å². The average Bonchev–Trinajstić information content (AvgIpc) is 2.28. The van der Waals surface area contributed by atoms with E-state index in [0.29, 0.717) is 13.2 Å². The average molecular weight is 244 g/mol. The molecule has 0 aliphatic carbocycles. The van der Waals surface area contributed by atoms with Crippen LogP contribution >= 0.6 is 0 Å². The minimum absolute atomic E-state index is 0.173. The lowest BCUT2D eigenvalue weighted by molar-refractivity contribution is 0.0361. The van der Waals surface area contributed by atoms with Crippen LogP contribution in [0.3, 0.4) is 0 Å². The number of carbonyl (C=O) groups excluding carboxylic acids is 1. The molecule has 1 saturated heterocycles. The smallest absolute Gasteiger partial charge is 0.409 e. The summed E-state index contributed by atoms with van der Waals surface area (Å²) in [7, 11) is 1.59. The summed E-state index contributed by atoms with van der Waals surface area (Å²) >= 11 is 0. The molecule has 1 aliphatic rings. The molecule has 1 amide bonds. The fraction of sp³-hybridized carbons (Fsp3) is 0.917. The van der Waals surface area contributed by atoms with Gasteiger partial charge in [0.05, 0.1) is 6.61 Å². The van der Waals surface area contributed by atoms with Crippen molar-refractivity contribution in [3.8, 4) is 0 Å². The zero-order valence-electron chi connectivity index (χ0n) is 11.4. The van der Waals surface area contributed by atoms with Crippen LogP contribution in [-0.4, -0.2) is 67.9 Å². The molecule has 1 fully saturated rings. The van der Waals surface area contributed by atoms with Crippen molar-refractivity contribution in [1.82, 2.24) is 9.80 Å². The molecule has 5 heteroatoms. The summed E-state index contributed by atoms with van der Waals surface area (Å²) in [4.78, 5) is 15.8.